The maximum Gasteiger partial charge on any atom is 0.273 e. The van der Waals surface area contributed by atoms with Gasteiger partial charge in [0.2, 0.25) is 5.91 Å². The van der Waals surface area contributed by atoms with E-state index in [-0.39, 0.29) is 10.6 Å². The van der Waals surface area contributed by atoms with Crippen molar-refractivity contribution < 1.29 is 17.9 Å². The number of ether oxygens (including phenoxy) is 1. The molecule has 0 aromatic heterocycles. The Balaban J connectivity index is 2.15. The number of anilines is 2. The maximum absolute atomic E-state index is 13.4. The second-order valence-corrected chi connectivity index (χ2v) is 8.63. The van der Waals surface area contributed by atoms with Crippen LogP contribution in [0.25, 0.3) is 0 Å². The highest BCUT2D eigenvalue weighted by Gasteiger charge is 2.32. The van der Waals surface area contributed by atoms with Crippen LogP contribution in [0, 0.1) is 0 Å². The standard InChI is InChI=1S/C18H19BrN2O4S/c1-12(22)21(15-5-7-16(25-2)8-6-15)26(23,24)17-11-14(19)10-13-4-3-9-20-18(13)17/h5-8,10-11,20H,3-4,9H2,1-2H3. The molecular weight excluding hydrogens is 420 g/mol. The number of halogens is 1. The second-order valence-electron chi connectivity index (χ2n) is 5.95. The van der Waals surface area contributed by atoms with E-state index < -0.39 is 15.9 Å². The predicted molar refractivity (Wildman–Crippen MR) is 104 cm³/mol. The van der Waals surface area contributed by atoms with Gasteiger partial charge in [-0.15, -0.1) is 0 Å². The first kappa shape index (κ1) is 18.7. The molecule has 138 valence electrons. The molecule has 26 heavy (non-hydrogen) atoms. The van der Waals surface area contributed by atoms with Gasteiger partial charge in [0.1, 0.15) is 10.6 Å². The molecule has 1 heterocycles. The van der Waals surface area contributed by atoms with Gasteiger partial charge in [-0.2, -0.15) is 0 Å². The lowest BCUT2D eigenvalue weighted by molar-refractivity contribution is -0.115. The van der Waals surface area contributed by atoms with Crippen LogP contribution in [0.1, 0.15) is 18.9 Å². The third-order valence-corrected chi connectivity index (χ3v) is 6.47. The molecule has 2 aromatic rings. The minimum Gasteiger partial charge on any atom is -0.497 e. The molecule has 0 bridgehead atoms. The van der Waals surface area contributed by atoms with Crippen LogP contribution >= 0.6 is 15.9 Å². The fourth-order valence-electron chi connectivity index (χ4n) is 3.04. The van der Waals surface area contributed by atoms with Crippen molar-refractivity contribution in [3.8, 4) is 5.75 Å². The Bertz CT molecular complexity index is 942. The number of carbonyl (C=O) groups excluding carboxylic acids is 1. The lowest BCUT2D eigenvalue weighted by Gasteiger charge is -2.26. The number of hydrogen-bond acceptors (Lipinski definition) is 5. The number of nitrogens with one attached hydrogen (secondary N) is 1. The lowest BCUT2D eigenvalue weighted by Crippen LogP contribution is -2.36. The molecule has 0 unspecified atom stereocenters. The Hall–Kier alpha value is -2.06. The molecule has 8 heteroatoms. The number of sulfonamides is 1. The molecule has 0 saturated heterocycles. The molecule has 6 nitrogen and oxygen atoms in total. The van der Waals surface area contributed by atoms with Gasteiger partial charge in [0.15, 0.2) is 0 Å². The number of aryl methyl sites for hydroxylation is 1. The van der Waals surface area contributed by atoms with Crippen LogP contribution in [-0.4, -0.2) is 28.0 Å². The van der Waals surface area contributed by atoms with Crippen molar-refractivity contribution in [2.75, 3.05) is 23.3 Å². The number of methoxy groups -OCH3 is 1. The molecule has 1 aliphatic heterocycles. The van der Waals surface area contributed by atoms with E-state index >= 15 is 0 Å². The van der Waals surface area contributed by atoms with Gasteiger partial charge in [-0.1, -0.05) is 15.9 Å². The molecule has 2 aromatic carbocycles. The van der Waals surface area contributed by atoms with Crippen molar-refractivity contribution in [3.05, 3.63) is 46.4 Å². The molecule has 0 atom stereocenters. The van der Waals surface area contributed by atoms with Crippen molar-refractivity contribution in [2.45, 2.75) is 24.7 Å². The maximum atomic E-state index is 13.4. The van der Waals surface area contributed by atoms with Crippen molar-refractivity contribution in [1.29, 1.82) is 0 Å². The molecule has 1 amide bonds. The summed E-state index contributed by atoms with van der Waals surface area (Å²) in [5.74, 6) is -0.00384. The molecule has 0 fully saturated rings. The van der Waals surface area contributed by atoms with Crippen LogP contribution in [0.3, 0.4) is 0 Å². The van der Waals surface area contributed by atoms with Crippen molar-refractivity contribution in [1.82, 2.24) is 0 Å². The quantitative estimate of drug-likeness (QED) is 0.789. The normalized spacial score (nSPS) is 13.5. The first-order chi connectivity index (χ1) is 12.3. The van der Waals surface area contributed by atoms with Crippen molar-refractivity contribution >= 4 is 43.2 Å². The van der Waals surface area contributed by atoms with Crippen molar-refractivity contribution in [2.24, 2.45) is 0 Å². The second kappa shape index (κ2) is 7.28. The van der Waals surface area contributed by atoms with Gasteiger partial charge in [-0.25, -0.2) is 12.7 Å². The summed E-state index contributed by atoms with van der Waals surface area (Å²) in [6, 6.07) is 9.79. The lowest BCUT2D eigenvalue weighted by atomic mass is 10.0. The molecule has 0 saturated carbocycles. The number of hydrogen-bond donors (Lipinski definition) is 1. The van der Waals surface area contributed by atoms with E-state index in [1.165, 1.54) is 20.1 Å². The van der Waals surface area contributed by atoms with E-state index in [0.717, 1.165) is 22.7 Å². The van der Waals surface area contributed by atoms with Crippen LogP contribution in [-0.2, 0) is 21.2 Å². The highest BCUT2D eigenvalue weighted by Crippen LogP contribution is 2.36. The molecule has 0 spiro atoms. The summed E-state index contributed by atoms with van der Waals surface area (Å²) in [4.78, 5) is 12.3. The van der Waals surface area contributed by atoms with Gasteiger partial charge in [0, 0.05) is 17.9 Å². The minimum absolute atomic E-state index is 0.0904. The molecule has 3 rings (SSSR count). The van der Waals surface area contributed by atoms with Crippen LogP contribution in [0.15, 0.2) is 45.8 Å². The zero-order valence-electron chi connectivity index (χ0n) is 14.5. The van der Waals surface area contributed by atoms with E-state index in [1.54, 1.807) is 24.3 Å². The average molecular weight is 439 g/mol. The summed E-state index contributed by atoms with van der Waals surface area (Å²) in [5.41, 5.74) is 1.75. The zero-order chi connectivity index (χ0) is 18.9. The third-order valence-electron chi connectivity index (χ3n) is 4.18. The average Bonchev–Trinajstić information content (AvgIpc) is 2.61. The van der Waals surface area contributed by atoms with E-state index in [4.69, 9.17) is 4.74 Å². The summed E-state index contributed by atoms with van der Waals surface area (Å²) < 4.78 is 33.3. The molecule has 0 aliphatic carbocycles. The van der Waals surface area contributed by atoms with Gasteiger partial charge in [-0.3, -0.25) is 4.79 Å². The highest BCUT2D eigenvalue weighted by molar-refractivity contribution is 9.10. The van der Waals surface area contributed by atoms with Gasteiger partial charge < -0.3 is 10.1 Å². The van der Waals surface area contributed by atoms with E-state index in [0.29, 0.717) is 22.5 Å². The Morgan fingerprint density at radius 1 is 1.23 bits per heavy atom. The summed E-state index contributed by atoms with van der Waals surface area (Å²) >= 11 is 3.38. The van der Waals surface area contributed by atoms with E-state index in [2.05, 4.69) is 21.2 Å². The Labute approximate surface area is 161 Å². The summed E-state index contributed by atoms with van der Waals surface area (Å²) in [7, 11) is -2.56. The number of benzene rings is 2. The Morgan fingerprint density at radius 2 is 1.92 bits per heavy atom. The minimum atomic E-state index is -4.09. The number of amides is 1. The highest BCUT2D eigenvalue weighted by atomic mass is 79.9. The zero-order valence-corrected chi connectivity index (χ0v) is 16.9. The van der Waals surface area contributed by atoms with E-state index in [9.17, 15) is 13.2 Å². The number of fused-ring (bicyclic) bond motifs is 1. The first-order valence-electron chi connectivity index (χ1n) is 8.11. The molecular formula is C18H19BrN2O4S. The van der Waals surface area contributed by atoms with Gasteiger partial charge in [0.25, 0.3) is 10.0 Å². The summed E-state index contributed by atoms with van der Waals surface area (Å²) in [6.07, 6.45) is 1.71. The van der Waals surface area contributed by atoms with Crippen LogP contribution in [0.2, 0.25) is 0 Å². The fourth-order valence-corrected chi connectivity index (χ4v) is 5.36. The molecule has 0 radical (unpaired) electrons. The van der Waals surface area contributed by atoms with E-state index in [1.807, 2.05) is 6.07 Å². The molecule has 1 N–H and O–H groups in total. The summed E-state index contributed by atoms with van der Waals surface area (Å²) in [5, 5.41) is 3.17. The molecule has 1 aliphatic rings. The first-order valence-corrected chi connectivity index (χ1v) is 10.3. The smallest absolute Gasteiger partial charge is 0.273 e. The summed E-state index contributed by atoms with van der Waals surface area (Å²) in [6.45, 7) is 1.93. The fraction of sp³-hybridized carbons (Fsp3) is 0.278. The van der Waals surface area contributed by atoms with Crippen molar-refractivity contribution in [3.63, 3.8) is 0 Å². The topological polar surface area (TPSA) is 75.7 Å². The number of rotatable bonds is 4. The monoisotopic (exact) mass is 438 g/mol. The Morgan fingerprint density at radius 3 is 2.54 bits per heavy atom. The van der Waals surface area contributed by atoms with Crippen LogP contribution in [0.5, 0.6) is 5.75 Å². The number of carbonyl (C=O) groups is 1. The van der Waals surface area contributed by atoms with Gasteiger partial charge in [-0.05, 0) is 54.8 Å². The Kier molecular flexibility index (Phi) is 5.24. The number of nitrogens with zero attached hydrogens (tertiary/aromatic N) is 1. The SMILES string of the molecule is COc1ccc(N(C(C)=O)S(=O)(=O)c2cc(Br)cc3c2NCCC3)cc1. The predicted octanol–water partition coefficient (Wildman–Crippen LogP) is 3.56. The van der Waals surface area contributed by atoms with Gasteiger partial charge >= 0.3 is 0 Å². The van der Waals surface area contributed by atoms with Crippen LogP contribution in [0.4, 0.5) is 11.4 Å². The third kappa shape index (κ3) is 3.43. The van der Waals surface area contributed by atoms with Crippen LogP contribution < -0.4 is 14.4 Å². The largest absolute Gasteiger partial charge is 0.497 e. The van der Waals surface area contributed by atoms with Gasteiger partial charge in [0.05, 0.1) is 18.5 Å².